The molecule has 1 fully saturated rings. The van der Waals surface area contributed by atoms with Crippen LogP contribution in [0.2, 0.25) is 0 Å². The molecule has 3 aromatic carbocycles. The van der Waals surface area contributed by atoms with Gasteiger partial charge in [-0.3, -0.25) is 14.3 Å². The Kier molecular flexibility index (Phi) is 7.84. The summed E-state index contributed by atoms with van der Waals surface area (Å²) in [7, 11) is 3.21. The maximum absolute atomic E-state index is 16.2. The number of hydrogen-bond donors (Lipinski definition) is 1. The van der Waals surface area contributed by atoms with E-state index in [0.29, 0.717) is 11.5 Å². The molecule has 0 bridgehead atoms. The molecular weight excluding hydrogens is 527 g/mol. The molecule has 0 saturated carbocycles. The third-order valence-corrected chi connectivity index (χ3v) is 7.98. The highest BCUT2D eigenvalue weighted by Gasteiger charge is 2.54. The maximum Gasteiger partial charge on any atom is 0.330 e. The fraction of sp³-hybridized carbons (Fsp3) is 0.312. The number of halogens is 1. The second kappa shape index (κ2) is 11.3. The molecule has 0 spiro atoms. The van der Waals surface area contributed by atoms with Gasteiger partial charge in [0.15, 0.2) is 11.9 Å². The molecule has 9 heteroatoms. The predicted octanol–water partition coefficient (Wildman–Crippen LogP) is 4.82. The molecule has 1 N–H and O–H groups in total. The van der Waals surface area contributed by atoms with E-state index in [2.05, 4.69) is 4.98 Å². The predicted molar refractivity (Wildman–Crippen MR) is 152 cm³/mol. The first-order valence-electron chi connectivity index (χ1n) is 13.3. The summed E-state index contributed by atoms with van der Waals surface area (Å²) in [4.78, 5) is 26.3. The summed E-state index contributed by atoms with van der Waals surface area (Å²) in [5.74, 6) is 0.743. The number of rotatable bonds is 9. The lowest BCUT2D eigenvalue weighted by Gasteiger charge is -2.37. The van der Waals surface area contributed by atoms with Gasteiger partial charge >= 0.3 is 5.69 Å². The zero-order valence-electron chi connectivity index (χ0n) is 23.4. The van der Waals surface area contributed by atoms with Crippen LogP contribution in [0.25, 0.3) is 0 Å². The number of hydrogen-bond acceptors (Lipinski definition) is 6. The molecule has 1 saturated heterocycles. The van der Waals surface area contributed by atoms with Crippen molar-refractivity contribution in [3.63, 3.8) is 0 Å². The van der Waals surface area contributed by atoms with E-state index in [0.717, 1.165) is 21.3 Å². The van der Waals surface area contributed by atoms with Crippen LogP contribution in [0, 0.1) is 5.92 Å². The van der Waals surface area contributed by atoms with Crippen LogP contribution in [-0.4, -0.2) is 42.2 Å². The van der Waals surface area contributed by atoms with Crippen LogP contribution in [0.1, 0.15) is 36.8 Å². The van der Waals surface area contributed by atoms with Gasteiger partial charge in [0.1, 0.15) is 17.1 Å². The van der Waals surface area contributed by atoms with Crippen molar-refractivity contribution in [1.82, 2.24) is 9.55 Å². The van der Waals surface area contributed by atoms with E-state index >= 15 is 4.39 Å². The Morgan fingerprint density at radius 3 is 1.93 bits per heavy atom. The van der Waals surface area contributed by atoms with Gasteiger partial charge in [-0.1, -0.05) is 61.5 Å². The van der Waals surface area contributed by atoms with Crippen LogP contribution >= 0.6 is 0 Å². The smallest absolute Gasteiger partial charge is 0.330 e. The highest BCUT2D eigenvalue weighted by atomic mass is 19.1. The zero-order valence-corrected chi connectivity index (χ0v) is 23.4. The summed E-state index contributed by atoms with van der Waals surface area (Å²) < 4.78 is 41.1. The molecule has 4 aromatic rings. The highest BCUT2D eigenvalue weighted by molar-refractivity contribution is 5.49. The van der Waals surface area contributed by atoms with Crippen LogP contribution in [0.4, 0.5) is 4.39 Å². The van der Waals surface area contributed by atoms with Crippen LogP contribution in [0.15, 0.2) is 101 Å². The number of nitrogens with one attached hydrogen (secondary N) is 1. The zero-order chi connectivity index (χ0) is 29.2. The van der Waals surface area contributed by atoms with Crippen molar-refractivity contribution in [1.29, 1.82) is 0 Å². The van der Waals surface area contributed by atoms with Crippen LogP contribution in [-0.2, 0) is 15.1 Å². The normalized spacial score (nSPS) is 22.4. The molecule has 0 aliphatic carbocycles. The molecular formula is C32H33FN2O6. The molecule has 0 amide bonds. The SMILES string of the molecule is COc1ccc(C(OC[C@H]2O[C@@H](n3ccc(=O)[nH]c3=O)[C@](C)(F)[C@@H]2C)(c2ccccc2)c2ccc(OC)cc2)cc1. The van der Waals surface area contributed by atoms with Gasteiger partial charge in [0.2, 0.25) is 0 Å². The number of aromatic amines is 1. The number of aromatic nitrogens is 2. The molecule has 8 nitrogen and oxygen atoms in total. The van der Waals surface area contributed by atoms with Crippen molar-refractivity contribution >= 4 is 0 Å². The quantitative estimate of drug-likeness (QED) is 0.295. The van der Waals surface area contributed by atoms with Gasteiger partial charge in [-0.25, -0.2) is 9.18 Å². The van der Waals surface area contributed by atoms with E-state index in [1.807, 2.05) is 78.9 Å². The van der Waals surface area contributed by atoms with Crippen LogP contribution < -0.4 is 20.7 Å². The van der Waals surface area contributed by atoms with E-state index in [1.54, 1.807) is 21.1 Å². The highest BCUT2D eigenvalue weighted by Crippen LogP contribution is 2.47. The molecule has 214 valence electrons. The van der Waals surface area contributed by atoms with Gasteiger partial charge in [0.05, 0.1) is 26.9 Å². The van der Waals surface area contributed by atoms with Crippen molar-refractivity contribution in [3.05, 3.63) is 129 Å². The molecule has 1 aromatic heterocycles. The number of nitrogens with zero attached hydrogens (tertiary/aromatic N) is 1. The average molecular weight is 561 g/mol. The van der Waals surface area contributed by atoms with Crippen molar-refractivity contribution in [2.75, 3.05) is 20.8 Å². The monoisotopic (exact) mass is 560 g/mol. The van der Waals surface area contributed by atoms with Gasteiger partial charge in [0, 0.05) is 18.2 Å². The molecule has 5 rings (SSSR count). The summed E-state index contributed by atoms with van der Waals surface area (Å²) >= 11 is 0. The Morgan fingerprint density at radius 2 is 1.41 bits per heavy atom. The fourth-order valence-corrected chi connectivity index (χ4v) is 5.42. The molecule has 0 radical (unpaired) electrons. The molecule has 1 aliphatic rings. The number of H-pyrrole nitrogens is 1. The van der Waals surface area contributed by atoms with E-state index in [9.17, 15) is 9.59 Å². The van der Waals surface area contributed by atoms with E-state index in [4.69, 9.17) is 18.9 Å². The van der Waals surface area contributed by atoms with Crippen molar-refractivity contribution in [2.24, 2.45) is 5.92 Å². The number of alkyl halides is 1. The molecule has 41 heavy (non-hydrogen) atoms. The van der Waals surface area contributed by atoms with Gasteiger partial charge < -0.3 is 18.9 Å². The minimum atomic E-state index is -1.92. The van der Waals surface area contributed by atoms with Crippen LogP contribution in [0.5, 0.6) is 11.5 Å². The first-order valence-corrected chi connectivity index (χ1v) is 13.3. The summed E-state index contributed by atoms with van der Waals surface area (Å²) in [6.07, 6.45) is -0.709. The van der Waals surface area contributed by atoms with Gasteiger partial charge in [-0.05, 0) is 47.9 Å². The van der Waals surface area contributed by atoms with Crippen molar-refractivity contribution in [3.8, 4) is 11.5 Å². The van der Waals surface area contributed by atoms with Crippen molar-refractivity contribution in [2.45, 2.75) is 37.4 Å². The number of methoxy groups -OCH3 is 2. The van der Waals surface area contributed by atoms with Gasteiger partial charge in [0.25, 0.3) is 5.56 Å². The molecule has 2 heterocycles. The standard InChI is InChI=1S/C32H33FN2O6/c1-21-27(41-29(31(21,2)33)35-19-18-28(36)34-30(35)37)20-40-32(22-8-6-5-7-9-22,23-10-14-25(38-3)15-11-23)24-12-16-26(39-4)17-13-24/h5-19,21,27,29H,20H2,1-4H3,(H,34,36,37)/t21-,27-,29-,31-/m1/s1. The van der Waals surface area contributed by atoms with E-state index < -0.39 is 40.8 Å². The van der Waals surface area contributed by atoms with Gasteiger partial charge in [-0.2, -0.15) is 0 Å². The lowest BCUT2D eigenvalue weighted by Crippen LogP contribution is -2.40. The summed E-state index contributed by atoms with van der Waals surface area (Å²) in [5.41, 5.74) is -1.82. The Balaban J connectivity index is 1.58. The second-order valence-electron chi connectivity index (χ2n) is 10.3. The van der Waals surface area contributed by atoms with Crippen molar-refractivity contribution < 1.29 is 23.3 Å². The Morgan fingerprint density at radius 1 is 0.878 bits per heavy atom. The minimum Gasteiger partial charge on any atom is -0.497 e. The average Bonchev–Trinajstić information content (AvgIpc) is 3.22. The fourth-order valence-electron chi connectivity index (χ4n) is 5.42. The molecule has 1 aliphatic heterocycles. The third kappa shape index (κ3) is 5.18. The lowest BCUT2D eigenvalue weighted by molar-refractivity contribution is -0.0928. The third-order valence-electron chi connectivity index (χ3n) is 7.98. The largest absolute Gasteiger partial charge is 0.497 e. The summed E-state index contributed by atoms with van der Waals surface area (Å²) in [5, 5.41) is 0. The van der Waals surface area contributed by atoms with E-state index in [1.165, 1.54) is 19.2 Å². The summed E-state index contributed by atoms with van der Waals surface area (Å²) in [6.45, 7) is 3.13. The maximum atomic E-state index is 16.2. The Labute approximate surface area is 237 Å². The summed E-state index contributed by atoms with van der Waals surface area (Å²) in [6, 6.07) is 26.2. The second-order valence-corrected chi connectivity index (χ2v) is 10.3. The molecule has 4 atom stereocenters. The Hall–Kier alpha value is -4.21. The topological polar surface area (TPSA) is 91.8 Å². The lowest BCUT2D eigenvalue weighted by atomic mass is 9.79. The van der Waals surface area contributed by atoms with Gasteiger partial charge in [-0.15, -0.1) is 0 Å². The first-order chi connectivity index (χ1) is 19.7. The Bertz CT molecular complexity index is 1530. The molecule has 0 unspecified atom stereocenters. The van der Waals surface area contributed by atoms with Crippen LogP contribution in [0.3, 0.4) is 0 Å². The van der Waals surface area contributed by atoms with E-state index in [-0.39, 0.29) is 6.61 Å². The first kappa shape index (κ1) is 28.3. The number of benzene rings is 3. The number of ether oxygens (including phenoxy) is 4. The minimum absolute atomic E-state index is 0.00222.